The van der Waals surface area contributed by atoms with Gasteiger partial charge >= 0.3 is 12.1 Å². The summed E-state index contributed by atoms with van der Waals surface area (Å²) in [6.45, 7) is 2.12. The molecule has 5 nitrogen and oxygen atoms in total. The van der Waals surface area contributed by atoms with E-state index in [0.29, 0.717) is 0 Å². The van der Waals surface area contributed by atoms with Crippen LogP contribution in [0.2, 0.25) is 0 Å². The molecule has 0 aromatic heterocycles. The van der Waals surface area contributed by atoms with Gasteiger partial charge in [-0.25, -0.2) is 4.79 Å². The zero-order valence-electron chi connectivity index (χ0n) is 19.3. The first-order chi connectivity index (χ1) is 15.5. The van der Waals surface area contributed by atoms with Crippen LogP contribution in [-0.4, -0.2) is 35.2 Å². The smallest absolute Gasteiger partial charge is 0.410 e. The standard InChI is InChI=1S/C27H35NO4/c1-20(14-8-6-4-3-5-7-9-19-25(29)30)28(27(31)32-2)26-23-17-12-10-15-21(23)22-16-11-13-18-24(22)26/h10-13,15-18,20,26H,3-9,14,19H2,1-2H3,(H,29,30). The fourth-order valence-electron chi connectivity index (χ4n) is 4.81. The molecule has 1 N–H and O–H groups in total. The van der Waals surface area contributed by atoms with Crippen molar-refractivity contribution >= 4 is 12.1 Å². The average molecular weight is 438 g/mol. The number of carbonyl (C=O) groups is 2. The first kappa shape index (κ1) is 23.8. The minimum absolute atomic E-state index is 0.0576. The number of carboxylic acid groups (broad SMARTS) is 1. The van der Waals surface area contributed by atoms with E-state index in [0.717, 1.165) is 62.5 Å². The van der Waals surface area contributed by atoms with Crippen molar-refractivity contribution in [3.63, 3.8) is 0 Å². The Hall–Kier alpha value is -2.82. The van der Waals surface area contributed by atoms with E-state index < -0.39 is 5.97 Å². The second kappa shape index (κ2) is 11.7. The number of benzene rings is 2. The maximum atomic E-state index is 12.9. The fourth-order valence-corrected chi connectivity index (χ4v) is 4.81. The summed E-state index contributed by atoms with van der Waals surface area (Å²) < 4.78 is 5.22. The average Bonchev–Trinajstić information content (AvgIpc) is 3.12. The number of nitrogens with zero attached hydrogens (tertiary/aromatic N) is 1. The van der Waals surface area contributed by atoms with Crippen LogP contribution in [0, 0.1) is 0 Å². The van der Waals surface area contributed by atoms with E-state index in [-0.39, 0.29) is 24.6 Å². The molecule has 0 aliphatic heterocycles. The Morgan fingerprint density at radius 1 is 0.875 bits per heavy atom. The highest BCUT2D eigenvalue weighted by Gasteiger charge is 2.37. The highest BCUT2D eigenvalue weighted by molar-refractivity contribution is 5.81. The molecule has 3 rings (SSSR count). The van der Waals surface area contributed by atoms with Crippen molar-refractivity contribution in [2.45, 2.75) is 76.8 Å². The summed E-state index contributed by atoms with van der Waals surface area (Å²) >= 11 is 0. The number of carboxylic acids is 1. The summed E-state index contributed by atoms with van der Waals surface area (Å²) in [7, 11) is 1.46. The number of hydrogen-bond donors (Lipinski definition) is 1. The van der Waals surface area contributed by atoms with E-state index in [9.17, 15) is 9.59 Å². The van der Waals surface area contributed by atoms with Gasteiger partial charge in [0.05, 0.1) is 13.2 Å². The lowest BCUT2D eigenvalue weighted by Gasteiger charge is -2.34. The number of unbranched alkanes of at least 4 members (excludes halogenated alkanes) is 6. The van der Waals surface area contributed by atoms with Gasteiger partial charge in [-0.05, 0) is 42.0 Å². The lowest BCUT2D eigenvalue weighted by Crippen LogP contribution is -2.41. The van der Waals surface area contributed by atoms with Crippen molar-refractivity contribution in [3.05, 3.63) is 59.7 Å². The molecule has 1 aliphatic carbocycles. The molecule has 0 fully saturated rings. The molecule has 5 heteroatoms. The molecule has 32 heavy (non-hydrogen) atoms. The van der Waals surface area contributed by atoms with Gasteiger partial charge in [0.2, 0.25) is 0 Å². The van der Waals surface area contributed by atoms with Crippen LogP contribution in [0.3, 0.4) is 0 Å². The highest BCUT2D eigenvalue weighted by Crippen LogP contribution is 2.47. The number of aliphatic carboxylic acids is 1. The summed E-state index contributed by atoms with van der Waals surface area (Å²) in [5.41, 5.74) is 4.70. The first-order valence-corrected chi connectivity index (χ1v) is 11.8. The Kier molecular flexibility index (Phi) is 8.72. The van der Waals surface area contributed by atoms with Gasteiger partial charge in [-0.15, -0.1) is 0 Å². The largest absolute Gasteiger partial charge is 0.481 e. The van der Waals surface area contributed by atoms with Crippen molar-refractivity contribution in [2.75, 3.05) is 7.11 Å². The quantitative estimate of drug-likeness (QED) is 0.370. The fraction of sp³-hybridized carbons (Fsp3) is 0.481. The van der Waals surface area contributed by atoms with Crippen LogP contribution in [0.5, 0.6) is 0 Å². The minimum Gasteiger partial charge on any atom is -0.481 e. The number of methoxy groups -OCH3 is 1. The predicted octanol–water partition coefficient (Wildman–Crippen LogP) is 6.81. The monoisotopic (exact) mass is 437 g/mol. The van der Waals surface area contributed by atoms with E-state index in [1.165, 1.54) is 18.2 Å². The van der Waals surface area contributed by atoms with Crippen LogP contribution < -0.4 is 0 Å². The number of amides is 1. The molecule has 1 aliphatic rings. The summed E-state index contributed by atoms with van der Waals surface area (Å²) in [4.78, 5) is 25.4. The Labute approximate surface area is 191 Å². The normalized spacial score (nSPS) is 13.3. The highest BCUT2D eigenvalue weighted by atomic mass is 16.5. The first-order valence-electron chi connectivity index (χ1n) is 11.8. The van der Waals surface area contributed by atoms with E-state index >= 15 is 0 Å². The number of hydrogen-bond acceptors (Lipinski definition) is 3. The minimum atomic E-state index is -0.707. The third kappa shape index (κ3) is 5.70. The zero-order valence-corrected chi connectivity index (χ0v) is 19.3. The Morgan fingerprint density at radius 3 is 1.91 bits per heavy atom. The van der Waals surface area contributed by atoms with Crippen LogP contribution in [0.25, 0.3) is 11.1 Å². The second-order valence-corrected chi connectivity index (χ2v) is 8.71. The van der Waals surface area contributed by atoms with Gasteiger partial charge in [0.15, 0.2) is 0 Å². The lowest BCUT2D eigenvalue weighted by atomic mass is 9.99. The van der Waals surface area contributed by atoms with Crippen molar-refractivity contribution in [2.24, 2.45) is 0 Å². The molecule has 1 unspecified atom stereocenters. The molecule has 0 bridgehead atoms. The molecule has 0 heterocycles. The number of carbonyl (C=O) groups excluding carboxylic acids is 1. The third-order valence-corrected chi connectivity index (χ3v) is 6.45. The summed E-state index contributed by atoms with van der Waals surface area (Å²) in [6, 6.07) is 16.6. The van der Waals surface area contributed by atoms with Crippen LogP contribution in [0.15, 0.2) is 48.5 Å². The Bertz CT molecular complexity index is 865. The van der Waals surface area contributed by atoms with Crippen molar-refractivity contribution in [1.29, 1.82) is 0 Å². The Morgan fingerprint density at radius 2 is 1.38 bits per heavy atom. The van der Waals surface area contributed by atoms with Gasteiger partial charge in [-0.3, -0.25) is 9.69 Å². The van der Waals surface area contributed by atoms with Gasteiger partial charge in [0, 0.05) is 12.5 Å². The summed E-state index contributed by atoms with van der Waals surface area (Å²) in [5, 5.41) is 8.69. The van der Waals surface area contributed by atoms with E-state index in [2.05, 4.69) is 31.2 Å². The molecule has 0 saturated carbocycles. The van der Waals surface area contributed by atoms with E-state index in [1.807, 2.05) is 29.2 Å². The maximum Gasteiger partial charge on any atom is 0.410 e. The number of ether oxygens (including phenoxy) is 1. The summed E-state index contributed by atoms with van der Waals surface area (Å²) in [5.74, 6) is -0.707. The van der Waals surface area contributed by atoms with E-state index in [1.54, 1.807) is 0 Å². The zero-order chi connectivity index (χ0) is 22.9. The number of rotatable bonds is 12. The number of fused-ring (bicyclic) bond motifs is 3. The van der Waals surface area contributed by atoms with E-state index in [4.69, 9.17) is 9.84 Å². The molecule has 0 radical (unpaired) electrons. The van der Waals surface area contributed by atoms with Crippen LogP contribution in [-0.2, 0) is 9.53 Å². The van der Waals surface area contributed by atoms with Gasteiger partial charge < -0.3 is 9.84 Å². The van der Waals surface area contributed by atoms with Crippen LogP contribution >= 0.6 is 0 Å². The van der Waals surface area contributed by atoms with Gasteiger partial charge in [-0.2, -0.15) is 0 Å². The molecule has 1 atom stereocenters. The van der Waals surface area contributed by atoms with Crippen molar-refractivity contribution in [3.8, 4) is 11.1 Å². The predicted molar refractivity (Wildman–Crippen MR) is 127 cm³/mol. The van der Waals surface area contributed by atoms with Gasteiger partial charge in [0.25, 0.3) is 0 Å². The molecule has 2 aromatic rings. The molecule has 2 aromatic carbocycles. The molecule has 0 saturated heterocycles. The Balaban J connectivity index is 1.59. The van der Waals surface area contributed by atoms with Gasteiger partial charge in [0.1, 0.15) is 0 Å². The molecular formula is C27H35NO4. The topological polar surface area (TPSA) is 66.8 Å². The van der Waals surface area contributed by atoms with Crippen LogP contribution in [0.4, 0.5) is 4.79 Å². The maximum absolute atomic E-state index is 12.9. The molecule has 0 spiro atoms. The molecule has 1 amide bonds. The van der Waals surface area contributed by atoms with Crippen molar-refractivity contribution < 1.29 is 19.4 Å². The third-order valence-electron chi connectivity index (χ3n) is 6.45. The van der Waals surface area contributed by atoms with Crippen LogP contribution in [0.1, 0.15) is 81.9 Å². The molecular weight excluding hydrogens is 402 g/mol. The lowest BCUT2D eigenvalue weighted by molar-refractivity contribution is -0.137. The molecule has 172 valence electrons. The van der Waals surface area contributed by atoms with Gasteiger partial charge in [-0.1, -0.05) is 87.1 Å². The van der Waals surface area contributed by atoms with Crippen molar-refractivity contribution in [1.82, 2.24) is 4.90 Å². The second-order valence-electron chi connectivity index (χ2n) is 8.71. The SMILES string of the molecule is COC(=O)N(C(C)CCCCCCCCCC(=O)O)C1c2ccccc2-c2ccccc21. The summed E-state index contributed by atoms with van der Waals surface area (Å²) in [6.07, 6.45) is 8.22.